The van der Waals surface area contributed by atoms with Crippen molar-refractivity contribution in [3.05, 3.63) is 60.2 Å². The van der Waals surface area contributed by atoms with Crippen molar-refractivity contribution < 1.29 is 28.5 Å². The lowest BCUT2D eigenvalue weighted by Gasteiger charge is -2.13. The molecule has 1 amide bonds. The maximum absolute atomic E-state index is 12.3. The lowest BCUT2D eigenvalue weighted by Crippen LogP contribution is -2.21. The first-order valence-corrected chi connectivity index (χ1v) is 8.97. The van der Waals surface area contributed by atoms with E-state index in [0.29, 0.717) is 22.9 Å². The molecule has 0 fully saturated rings. The number of ether oxygens (including phenoxy) is 4. The quantitative estimate of drug-likeness (QED) is 0.488. The first-order valence-electron chi connectivity index (χ1n) is 8.97. The number of nitrogens with one attached hydrogen (secondary N) is 1. The number of carbonyl (C=O) groups excluding carboxylic acids is 2. The summed E-state index contributed by atoms with van der Waals surface area (Å²) in [6.45, 7) is 5.19. The molecular formula is C22H25NO6. The Hall–Kier alpha value is -3.48. The summed E-state index contributed by atoms with van der Waals surface area (Å²) in [6.07, 6.45) is 2.52. The van der Waals surface area contributed by atoms with Crippen LogP contribution in [0.2, 0.25) is 0 Å². The van der Waals surface area contributed by atoms with Crippen molar-refractivity contribution in [1.29, 1.82) is 0 Å². The van der Waals surface area contributed by atoms with E-state index in [-0.39, 0.29) is 19.1 Å². The van der Waals surface area contributed by atoms with Crippen LogP contribution in [-0.4, -0.2) is 39.3 Å². The number of methoxy groups -OCH3 is 2. The van der Waals surface area contributed by atoms with Crippen molar-refractivity contribution in [2.45, 2.75) is 13.3 Å². The van der Waals surface area contributed by atoms with E-state index < -0.39 is 5.97 Å². The number of anilines is 1. The van der Waals surface area contributed by atoms with Crippen molar-refractivity contribution in [2.24, 2.45) is 0 Å². The molecule has 0 aliphatic carbocycles. The SMILES string of the molecule is C=CCc1ccc(OCC(=O)Nc2ccc(OCC(=O)OC)cc2C)c(OC)c1. The maximum atomic E-state index is 12.3. The van der Waals surface area contributed by atoms with E-state index in [9.17, 15) is 9.59 Å². The second kappa shape index (κ2) is 10.8. The maximum Gasteiger partial charge on any atom is 0.343 e. The van der Waals surface area contributed by atoms with Crippen LogP contribution in [-0.2, 0) is 20.7 Å². The van der Waals surface area contributed by atoms with E-state index in [1.165, 1.54) is 7.11 Å². The van der Waals surface area contributed by atoms with E-state index in [0.717, 1.165) is 17.5 Å². The molecule has 0 heterocycles. The Morgan fingerprint density at radius 3 is 2.48 bits per heavy atom. The van der Waals surface area contributed by atoms with Gasteiger partial charge >= 0.3 is 5.97 Å². The van der Waals surface area contributed by atoms with Gasteiger partial charge in [-0.1, -0.05) is 12.1 Å². The van der Waals surface area contributed by atoms with Crippen LogP contribution in [0.5, 0.6) is 17.2 Å². The number of benzene rings is 2. The summed E-state index contributed by atoms with van der Waals surface area (Å²) in [7, 11) is 2.84. The number of aryl methyl sites for hydroxylation is 1. The predicted molar refractivity (Wildman–Crippen MR) is 110 cm³/mol. The molecule has 0 aromatic heterocycles. The number of amides is 1. The molecule has 29 heavy (non-hydrogen) atoms. The van der Waals surface area contributed by atoms with Crippen LogP contribution >= 0.6 is 0 Å². The van der Waals surface area contributed by atoms with E-state index in [1.54, 1.807) is 37.5 Å². The summed E-state index contributed by atoms with van der Waals surface area (Å²) in [5.74, 6) is 0.768. The van der Waals surface area contributed by atoms with Crippen LogP contribution in [0.15, 0.2) is 49.1 Å². The van der Waals surface area contributed by atoms with E-state index in [1.807, 2.05) is 19.1 Å². The van der Waals surface area contributed by atoms with E-state index in [2.05, 4.69) is 16.6 Å². The van der Waals surface area contributed by atoms with Gasteiger partial charge in [0.2, 0.25) is 0 Å². The third-order valence-corrected chi connectivity index (χ3v) is 4.02. The fraction of sp³-hybridized carbons (Fsp3) is 0.273. The van der Waals surface area contributed by atoms with Crippen molar-refractivity contribution >= 4 is 17.6 Å². The Balaban J connectivity index is 1.94. The fourth-order valence-corrected chi connectivity index (χ4v) is 2.52. The number of allylic oxidation sites excluding steroid dienone is 1. The van der Waals surface area contributed by atoms with Gasteiger partial charge in [-0.25, -0.2) is 4.79 Å². The highest BCUT2D eigenvalue weighted by molar-refractivity contribution is 5.92. The van der Waals surface area contributed by atoms with Crippen LogP contribution in [0.4, 0.5) is 5.69 Å². The molecule has 7 heteroatoms. The molecule has 1 N–H and O–H groups in total. The highest BCUT2D eigenvalue weighted by atomic mass is 16.6. The smallest absolute Gasteiger partial charge is 0.343 e. The average molecular weight is 399 g/mol. The first kappa shape index (κ1) is 21.8. The molecule has 2 rings (SSSR count). The molecule has 0 saturated carbocycles. The topological polar surface area (TPSA) is 83.1 Å². The Morgan fingerprint density at radius 2 is 1.83 bits per heavy atom. The lowest BCUT2D eigenvalue weighted by atomic mass is 10.1. The normalized spacial score (nSPS) is 10.0. The van der Waals surface area contributed by atoms with Gasteiger partial charge < -0.3 is 24.3 Å². The third kappa shape index (κ3) is 6.57. The van der Waals surface area contributed by atoms with Gasteiger partial charge in [-0.2, -0.15) is 0 Å². The summed E-state index contributed by atoms with van der Waals surface area (Å²) < 4.78 is 20.8. The highest BCUT2D eigenvalue weighted by Gasteiger charge is 2.11. The zero-order valence-corrected chi connectivity index (χ0v) is 16.8. The van der Waals surface area contributed by atoms with Crippen molar-refractivity contribution in [3.63, 3.8) is 0 Å². The van der Waals surface area contributed by atoms with Crippen LogP contribution in [0.25, 0.3) is 0 Å². The van der Waals surface area contributed by atoms with Crippen LogP contribution in [0.3, 0.4) is 0 Å². The third-order valence-electron chi connectivity index (χ3n) is 4.02. The van der Waals surface area contributed by atoms with Gasteiger partial charge in [-0.3, -0.25) is 4.79 Å². The van der Waals surface area contributed by atoms with Gasteiger partial charge in [-0.05, 0) is 54.8 Å². The zero-order valence-electron chi connectivity index (χ0n) is 16.8. The molecule has 0 bridgehead atoms. The molecule has 0 radical (unpaired) electrons. The molecule has 2 aromatic rings. The Bertz CT molecular complexity index is 878. The molecule has 2 aromatic carbocycles. The van der Waals surface area contributed by atoms with E-state index in [4.69, 9.17) is 14.2 Å². The molecule has 0 atom stereocenters. The summed E-state index contributed by atoms with van der Waals surface area (Å²) in [5.41, 5.74) is 2.45. The first-order chi connectivity index (χ1) is 14.0. The molecule has 0 spiro atoms. The molecule has 7 nitrogen and oxygen atoms in total. The summed E-state index contributed by atoms with van der Waals surface area (Å²) in [5, 5.41) is 2.79. The minimum absolute atomic E-state index is 0.169. The summed E-state index contributed by atoms with van der Waals surface area (Å²) in [4.78, 5) is 23.4. The molecule has 154 valence electrons. The van der Waals surface area contributed by atoms with Crippen LogP contribution in [0, 0.1) is 6.92 Å². The lowest BCUT2D eigenvalue weighted by molar-refractivity contribution is -0.142. The molecule has 0 saturated heterocycles. The minimum Gasteiger partial charge on any atom is -0.493 e. The standard InChI is InChI=1S/C22H25NO6/c1-5-6-16-7-10-19(20(12-16)26-3)29-13-21(24)23-18-9-8-17(11-15(18)2)28-14-22(25)27-4/h5,7-12H,1,6,13-14H2,2-4H3,(H,23,24). The van der Waals surface area contributed by atoms with Gasteiger partial charge in [0.05, 0.1) is 14.2 Å². The number of hydrogen-bond donors (Lipinski definition) is 1. The van der Waals surface area contributed by atoms with Crippen LogP contribution in [0.1, 0.15) is 11.1 Å². The van der Waals surface area contributed by atoms with Crippen molar-refractivity contribution in [1.82, 2.24) is 0 Å². The Labute approximate surface area is 170 Å². The Kier molecular flexibility index (Phi) is 8.09. The number of hydrogen-bond acceptors (Lipinski definition) is 6. The zero-order chi connectivity index (χ0) is 21.2. The van der Waals surface area contributed by atoms with Crippen LogP contribution < -0.4 is 19.5 Å². The second-order valence-electron chi connectivity index (χ2n) is 6.16. The molecule has 0 aliphatic rings. The Morgan fingerprint density at radius 1 is 1.03 bits per heavy atom. The molecular weight excluding hydrogens is 374 g/mol. The van der Waals surface area contributed by atoms with E-state index >= 15 is 0 Å². The van der Waals surface area contributed by atoms with Gasteiger partial charge in [-0.15, -0.1) is 6.58 Å². The van der Waals surface area contributed by atoms with Gasteiger partial charge in [0.15, 0.2) is 24.7 Å². The predicted octanol–water partition coefficient (Wildman–Crippen LogP) is 3.30. The number of esters is 1. The van der Waals surface area contributed by atoms with Gasteiger partial charge in [0.25, 0.3) is 5.91 Å². The molecule has 0 unspecified atom stereocenters. The molecule has 0 aliphatic heterocycles. The summed E-state index contributed by atoms with van der Waals surface area (Å²) in [6, 6.07) is 10.6. The number of carbonyl (C=O) groups is 2. The summed E-state index contributed by atoms with van der Waals surface area (Å²) >= 11 is 0. The second-order valence-corrected chi connectivity index (χ2v) is 6.16. The number of rotatable bonds is 10. The largest absolute Gasteiger partial charge is 0.493 e. The average Bonchev–Trinajstić information content (AvgIpc) is 2.72. The monoisotopic (exact) mass is 399 g/mol. The van der Waals surface area contributed by atoms with Gasteiger partial charge in [0, 0.05) is 5.69 Å². The van der Waals surface area contributed by atoms with Crippen molar-refractivity contribution in [3.8, 4) is 17.2 Å². The van der Waals surface area contributed by atoms with Crippen molar-refractivity contribution in [2.75, 3.05) is 32.8 Å². The fourth-order valence-electron chi connectivity index (χ4n) is 2.52. The highest BCUT2D eigenvalue weighted by Crippen LogP contribution is 2.28. The minimum atomic E-state index is -0.467. The van der Waals surface area contributed by atoms with Gasteiger partial charge in [0.1, 0.15) is 5.75 Å².